The molecule has 0 aliphatic carbocycles. The number of carboxylic acid groups (broad SMARTS) is 2. The Morgan fingerprint density at radius 2 is 1.57 bits per heavy atom. The van der Waals surface area contributed by atoms with E-state index in [0.29, 0.717) is 37.8 Å². The summed E-state index contributed by atoms with van der Waals surface area (Å²) >= 11 is 0. The van der Waals surface area contributed by atoms with Gasteiger partial charge in [-0.1, -0.05) is 50.6 Å². The van der Waals surface area contributed by atoms with Crippen LogP contribution in [0.25, 0.3) is 17.2 Å². The smallest absolute Gasteiger partial charge is 0.328 e. The summed E-state index contributed by atoms with van der Waals surface area (Å²) in [6.45, 7) is 10.6. The molecule has 0 saturated carbocycles. The fourth-order valence-corrected chi connectivity index (χ4v) is 6.36. The maximum atomic E-state index is 13.6. The summed E-state index contributed by atoms with van der Waals surface area (Å²) in [5.74, 6) is -1.72. The van der Waals surface area contributed by atoms with Gasteiger partial charge < -0.3 is 34.6 Å². The molecule has 1 amide bonds. The number of anilines is 2. The van der Waals surface area contributed by atoms with E-state index < -0.39 is 11.9 Å². The summed E-state index contributed by atoms with van der Waals surface area (Å²) in [5, 5.41) is 18.8. The van der Waals surface area contributed by atoms with Crippen LogP contribution in [0.3, 0.4) is 0 Å². The predicted molar refractivity (Wildman–Crippen MR) is 213 cm³/mol. The quantitative estimate of drug-likeness (QED) is 0.0942. The van der Waals surface area contributed by atoms with Gasteiger partial charge in [-0.2, -0.15) is 0 Å². The molecule has 0 unspecified atom stereocenters. The lowest BCUT2D eigenvalue weighted by Crippen LogP contribution is -2.36. The molecule has 290 valence electrons. The number of fused-ring (bicyclic) bond motifs is 1. The third-order valence-corrected chi connectivity index (χ3v) is 9.29. The Morgan fingerprint density at radius 1 is 0.889 bits per heavy atom. The number of aliphatic carboxylic acids is 2. The molecule has 0 atom stereocenters. The molecule has 11 heteroatoms. The van der Waals surface area contributed by atoms with E-state index in [-0.39, 0.29) is 5.91 Å². The molecule has 0 radical (unpaired) electrons. The highest BCUT2D eigenvalue weighted by Gasteiger charge is 2.21. The largest absolute Gasteiger partial charge is 0.491 e. The van der Waals surface area contributed by atoms with Crippen molar-refractivity contribution in [2.24, 2.45) is 0 Å². The fourth-order valence-electron chi connectivity index (χ4n) is 6.36. The zero-order valence-corrected chi connectivity index (χ0v) is 31.8. The molecule has 3 aromatic carbocycles. The van der Waals surface area contributed by atoms with Crippen molar-refractivity contribution in [3.8, 4) is 16.9 Å². The van der Waals surface area contributed by atoms with Crippen LogP contribution in [0, 0.1) is 0 Å². The van der Waals surface area contributed by atoms with Gasteiger partial charge >= 0.3 is 11.9 Å². The first-order valence-corrected chi connectivity index (χ1v) is 18.9. The maximum absolute atomic E-state index is 13.6. The molecule has 2 heterocycles. The number of hydrogen-bond acceptors (Lipinski definition) is 8. The van der Waals surface area contributed by atoms with Crippen LogP contribution in [0.15, 0.2) is 84.5 Å². The number of nitrogens with one attached hydrogen (secondary N) is 1. The van der Waals surface area contributed by atoms with E-state index in [0.717, 1.165) is 105 Å². The van der Waals surface area contributed by atoms with Crippen LogP contribution in [0.4, 0.5) is 11.4 Å². The van der Waals surface area contributed by atoms with Crippen LogP contribution in [0.2, 0.25) is 0 Å². The van der Waals surface area contributed by atoms with Gasteiger partial charge in [0.25, 0.3) is 5.91 Å². The lowest BCUT2D eigenvalue weighted by atomic mass is 10.00. The average molecular weight is 742 g/mol. The maximum Gasteiger partial charge on any atom is 0.328 e. The molecule has 0 aromatic heterocycles. The van der Waals surface area contributed by atoms with Gasteiger partial charge in [0.05, 0.1) is 6.61 Å². The molecule has 3 aromatic rings. The van der Waals surface area contributed by atoms with E-state index in [4.69, 9.17) is 24.4 Å². The normalized spacial score (nSPS) is 14.4. The molecule has 2 aliphatic rings. The Balaban J connectivity index is 0.000000730. The monoisotopic (exact) mass is 741 g/mol. The van der Waals surface area contributed by atoms with E-state index in [2.05, 4.69) is 84.6 Å². The first kappa shape index (κ1) is 41.8. The lowest BCUT2D eigenvalue weighted by Gasteiger charge is -2.31. The highest BCUT2D eigenvalue weighted by molar-refractivity contribution is 6.07. The number of carboxylic acids is 2. The van der Waals surface area contributed by atoms with Crippen molar-refractivity contribution in [2.75, 3.05) is 63.4 Å². The van der Waals surface area contributed by atoms with Crippen LogP contribution in [-0.2, 0) is 30.4 Å². The summed E-state index contributed by atoms with van der Waals surface area (Å²) in [4.78, 5) is 37.5. The van der Waals surface area contributed by atoms with Crippen LogP contribution in [-0.4, -0.2) is 92.2 Å². The minimum Gasteiger partial charge on any atom is -0.491 e. The van der Waals surface area contributed by atoms with Crippen molar-refractivity contribution in [3.05, 3.63) is 95.6 Å². The van der Waals surface area contributed by atoms with Crippen LogP contribution in [0.5, 0.6) is 5.75 Å². The SMILES string of the molecule is CCCCOCCOc1ccc(-c2ccc3c(c2)C=C(C(=O)Nc2ccc(CN(C)C4CCOCC4)cc2)CCN3CCC)cc1.O=C(O)C=CC(=O)O. The van der Waals surface area contributed by atoms with Crippen molar-refractivity contribution in [3.63, 3.8) is 0 Å². The number of ether oxygens (including phenoxy) is 3. The third kappa shape index (κ3) is 13.8. The number of nitrogens with zero attached hydrogens (tertiary/aromatic N) is 2. The molecule has 54 heavy (non-hydrogen) atoms. The Morgan fingerprint density at radius 3 is 2.22 bits per heavy atom. The van der Waals surface area contributed by atoms with Gasteiger partial charge in [-0.15, -0.1) is 0 Å². The Kier molecular flexibility index (Phi) is 17.2. The van der Waals surface area contributed by atoms with Crippen molar-refractivity contribution in [1.29, 1.82) is 0 Å². The molecule has 11 nitrogen and oxygen atoms in total. The first-order valence-electron chi connectivity index (χ1n) is 18.9. The summed E-state index contributed by atoms with van der Waals surface area (Å²) in [6, 6.07) is 23.6. The van der Waals surface area contributed by atoms with E-state index >= 15 is 0 Å². The highest BCUT2D eigenvalue weighted by atomic mass is 16.5. The van der Waals surface area contributed by atoms with Crippen molar-refractivity contribution in [2.45, 2.75) is 65.0 Å². The summed E-state index contributed by atoms with van der Waals surface area (Å²) in [7, 11) is 2.19. The molecule has 0 spiro atoms. The van der Waals surface area contributed by atoms with Crippen molar-refractivity contribution >= 4 is 35.3 Å². The van der Waals surface area contributed by atoms with E-state index in [1.165, 1.54) is 11.3 Å². The molecule has 1 fully saturated rings. The number of carbonyl (C=O) groups excluding carboxylic acids is 1. The van der Waals surface area contributed by atoms with Gasteiger partial charge in [-0.05, 0) is 104 Å². The molecular weight excluding hydrogens is 686 g/mol. The fraction of sp³-hybridized carbons (Fsp3) is 0.419. The van der Waals surface area contributed by atoms with E-state index in [9.17, 15) is 14.4 Å². The van der Waals surface area contributed by atoms with Gasteiger partial charge in [0, 0.05) is 74.6 Å². The minimum absolute atomic E-state index is 0.0399. The zero-order valence-electron chi connectivity index (χ0n) is 31.8. The molecule has 0 bridgehead atoms. The highest BCUT2D eigenvalue weighted by Crippen LogP contribution is 2.33. The van der Waals surface area contributed by atoms with Gasteiger partial charge in [-0.3, -0.25) is 9.69 Å². The second-order valence-corrected chi connectivity index (χ2v) is 13.4. The van der Waals surface area contributed by atoms with Gasteiger partial charge in [0.15, 0.2) is 0 Å². The second-order valence-electron chi connectivity index (χ2n) is 13.4. The van der Waals surface area contributed by atoms with Gasteiger partial charge in [-0.25, -0.2) is 9.59 Å². The Labute approximate surface area is 319 Å². The first-order chi connectivity index (χ1) is 26.2. The molecule has 1 saturated heterocycles. The third-order valence-electron chi connectivity index (χ3n) is 9.29. The molecule has 2 aliphatic heterocycles. The number of carbonyl (C=O) groups is 3. The van der Waals surface area contributed by atoms with E-state index in [1.54, 1.807) is 0 Å². The Hall–Kier alpha value is -4.97. The summed E-state index contributed by atoms with van der Waals surface area (Å²) in [5.41, 5.74) is 7.34. The van der Waals surface area contributed by atoms with E-state index in [1.807, 2.05) is 24.3 Å². The number of amides is 1. The molecule has 5 rings (SSSR count). The summed E-state index contributed by atoms with van der Waals surface area (Å²) < 4.78 is 17.0. The van der Waals surface area contributed by atoms with Gasteiger partial charge in [0.1, 0.15) is 12.4 Å². The topological polar surface area (TPSA) is 138 Å². The van der Waals surface area contributed by atoms with Crippen LogP contribution in [0.1, 0.15) is 63.5 Å². The minimum atomic E-state index is -1.26. The predicted octanol–water partition coefficient (Wildman–Crippen LogP) is 7.51. The molecular formula is C43H55N3O8. The number of rotatable bonds is 17. The number of hydrogen-bond donors (Lipinski definition) is 3. The Bertz CT molecular complexity index is 1680. The lowest BCUT2D eigenvalue weighted by molar-refractivity contribution is -0.134. The van der Waals surface area contributed by atoms with Crippen LogP contribution < -0.4 is 15.0 Å². The molecule has 3 N–H and O–H groups in total. The number of benzene rings is 3. The average Bonchev–Trinajstić information content (AvgIpc) is 3.36. The van der Waals surface area contributed by atoms with Gasteiger partial charge in [0.2, 0.25) is 0 Å². The van der Waals surface area contributed by atoms with Crippen molar-refractivity contribution < 1.29 is 38.8 Å². The summed E-state index contributed by atoms with van der Waals surface area (Å²) in [6.07, 6.45) is 9.31. The van der Waals surface area contributed by atoms with Crippen LogP contribution >= 0.6 is 0 Å². The zero-order chi connectivity index (χ0) is 38.7. The van der Waals surface area contributed by atoms with Crippen molar-refractivity contribution in [1.82, 2.24) is 4.90 Å². The standard InChI is InChI=1S/C39H51N3O4.C4H4O4/c1-4-6-22-44-25-26-46-37-14-9-31(10-15-37)32-11-16-38-34(27-32)28-33(17-21-42(38)20-5-2)39(43)40-35-12-7-30(8-13-35)29-41(3)36-18-23-45-24-19-36;5-3(6)1-2-4(7)8/h7-16,27-28,36H,4-6,17-26,29H2,1-3H3,(H,40,43);1-2H,(H,5,6)(H,7,8). The number of unbranched alkanes of at least 4 members (excludes halogenated alkanes) is 1. The second kappa shape index (κ2) is 22.3.